The van der Waals surface area contributed by atoms with E-state index < -0.39 is 0 Å². The molecule has 0 atom stereocenters. The second-order valence-electron chi connectivity index (χ2n) is 8.69. The predicted octanol–water partition coefficient (Wildman–Crippen LogP) is 2.78. The molecule has 1 aliphatic rings. The fourth-order valence-electron chi connectivity index (χ4n) is 4.68. The van der Waals surface area contributed by atoms with Crippen LogP contribution >= 0.6 is 0 Å². The molecule has 1 aromatic carbocycles. The van der Waals surface area contributed by atoms with Crippen molar-refractivity contribution >= 4 is 23.7 Å². The van der Waals surface area contributed by atoms with Crippen molar-refractivity contribution in [3.63, 3.8) is 0 Å². The lowest BCUT2D eigenvalue weighted by Gasteiger charge is -2.32. The number of carbonyl (C=O) groups is 2. The summed E-state index contributed by atoms with van der Waals surface area (Å²) in [6.45, 7) is 1.55. The van der Waals surface area contributed by atoms with Crippen LogP contribution in [0.5, 0.6) is 0 Å². The highest BCUT2D eigenvalue weighted by molar-refractivity contribution is 5.87. The summed E-state index contributed by atoms with van der Waals surface area (Å²) in [6.07, 6.45) is 5.70. The van der Waals surface area contributed by atoms with Crippen LogP contribution in [0.15, 0.2) is 54.9 Å². The molecule has 0 aliphatic carbocycles. The summed E-state index contributed by atoms with van der Waals surface area (Å²) >= 11 is 0. The number of amides is 1. The van der Waals surface area contributed by atoms with Gasteiger partial charge in [0.15, 0.2) is 11.9 Å². The average Bonchev–Trinajstić information content (AvgIpc) is 3.34. The number of rotatable bonds is 6. The van der Waals surface area contributed by atoms with Gasteiger partial charge in [-0.15, -0.1) is 0 Å². The first-order chi connectivity index (χ1) is 17.1. The number of aromatic nitrogens is 4. The molecule has 4 aromatic rings. The van der Waals surface area contributed by atoms with Crippen LogP contribution < -0.4 is 11.1 Å². The van der Waals surface area contributed by atoms with Gasteiger partial charge in [0, 0.05) is 41.9 Å². The molecule has 9 nitrogen and oxygen atoms in total. The second-order valence-corrected chi connectivity index (χ2v) is 8.69. The van der Waals surface area contributed by atoms with Gasteiger partial charge in [-0.05, 0) is 26.0 Å². The maximum Gasteiger partial charge on any atom is 0.236 e. The number of nitrogen functional groups attached to an aromatic ring is 1. The van der Waals surface area contributed by atoms with Crippen LogP contribution in [-0.2, 0) is 4.79 Å². The van der Waals surface area contributed by atoms with Crippen molar-refractivity contribution in [2.75, 3.05) is 32.4 Å². The van der Waals surface area contributed by atoms with Gasteiger partial charge in [-0.3, -0.25) is 14.6 Å². The van der Waals surface area contributed by atoms with Gasteiger partial charge in [0.2, 0.25) is 5.91 Å². The van der Waals surface area contributed by atoms with Crippen LogP contribution in [-0.4, -0.2) is 63.4 Å². The fraction of sp³-hybridized carbons (Fsp3) is 0.269. The number of nitrogens with two attached hydrogens (primary N) is 1. The molecule has 1 amide bonds. The number of nitrogens with one attached hydrogen (secondary N) is 1. The van der Waals surface area contributed by atoms with E-state index in [1.54, 1.807) is 19.4 Å². The van der Waals surface area contributed by atoms with Crippen LogP contribution in [0.3, 0.4) is 0 Å². The molecule has 0 radical (unpaired) electrons. The van der Waals surface area contributed by atoms with Gasteiger partial charge in [0.25, 0.3) is 0 Å². The molecule has 178 valence electrons. The fourth-order valence-corrected chi connectivity index (χ4v) is 4.68. The number of hydrogen-bond acceptors (Lipinski definition) is 7. The zero-order valence-corrected chi connectivity index (χ0v) is 19.5. The monoisotopic (exact) mass is 469 g/mol. The van der Waals surface area contributed by atoms with E-state index in [1.165, 1.54) is 4.52 Å². The summed E-state index contributed by atoms with van der Waals surface area (Å²) < 4.78 is 1.51. The molecule has 3 N–H and O–H groups in total. The van der Waals surface area contributed by atoms with Crippen LogP contribution in [0.25, 0.3) is 28.0 Å². The first-order valence-corrected chi connectivity index (χ1v) is 11.7. The van der Waals surface area contributed by atoms with Gasteiger partial charge in [-0.1, -0.05) is 36.4 Å². The van der Waals surface area contributed by atoms with Gasteiger partial charge in [-0.2, -0.15) is 9.61 Å². The molecule has 0 saturated carbocycles. The number of anilines is 1. The number of piperidine rings is 1. The first-order valence-electron chi connectivity index (χ1n) is 11.7. The Morgan fingerprint density at radius 2 is 1.89 bits per heavy atom. The van der Waals surface area contributed by atoms with Crippen LogP contribution in [0.1, 0.15) is 34.8 Å². The minimum absolute atomic E-state index is 0.0301. The number of benzene rings is 1. The van der Waals surface area contributed by atoms with Crippen LogP contribution in [0.2, 0.25) is 0 Å². The number of carbonyl (C=O) groups excluding carboxylic acids is 2. The minimum atomic E-state index is 0.0301. The Hall–Kier alpha value is -4.11. The smallest absolute Gasteiger partial charge is 0.236 e. The average molecular weight is 470 g/mol. The van der Waals surface area contributed by atoms with Gasteiger partial charge in [0.1, 0.15) is 5.82 Å². The van der Waals surface area contributed by atoms with Gasteiger partial charge >= 0.3 is 0 Å². The Labute approximate surface area is 203 Å². The molecule has 4 heterocycles. The Morgan fingerprint density at radius 3 is 2.54 bits per heavy atom. The van der Waals surface area contributed by atoms with Crippen molar-refractivity contribution in [2.24, 2.45) is 0 Å². The molecular weight excluding hydrogens is 442 g/mol. The Kier molecular flexibility index (Phi) is 6.24. The van der Waals surface area contributed by atoms with E-state index in [1.807, 2.05) is 47.4 Å². The Morgan fingerprint density at radius 1 is 1.11 bits per heavy atom. The lowest BCUT2D eigenvalue weighted by molar-refractivity contribution is -0.131. The zero-order chi connectivity index (χ0) is 24.4. The van der Waals surface area contributed by atoms with Crippen molar-refractivity contribution in [2.45, 2.75) is 18.8 Å². The van der Waals surface area contributed by atoms with Gasteiger partial charge < -0.3 is 16.0 Å². The summed E-state index contributed by atoms with van der Waals surface area (Å²) in [7, 11) is 1.76. The van der Waals surface area contributed by atoms with Crippen molar-refractivity contribution < 1.29 is 9.59 Å². The standard InChI is InChI=1S/C26H27N7O2/c1-28-15-23(35)32-11-9-18(10-12-32)24-21(16-34)25(27)33-26(31-24)20(14-30-33)19-7-8-22(29-13-19)17-5-3-2-4-6-17/h2-8,13-14,16,18,28H,9-12,15,27H2,1H3. The highest BCUT2D eigenvalue weighted by atomic mass is 16.2. The normalized spacial score (nSPS) is 14.4. The second kappa shape index (κ2) is 9.63. The molecule has 1 aliphatic heterocycles. The van der Waals surface area contributed by atoms with Crippen molar-refractivity contribution in [1.29, 1.82) is 0 Å². The number of aldehydes is 1. The third kappa shape index (κ3) is 4.26. The van der Waals surface area contributed by atoms with E-state index in [0.717, 1.165) is 41.5 Å². The number of fused-ring (bicyclic) bond motifs is 1. The molecular formula is C26H27N7O2. The highest BCUT2D eigenvalue weighted by Gasteiger charge is 2.28. The van der Waals surface area contributed by atoms with Gasteiger partial charge in [-0.25, -0.2) is 4.98 Å². The third-order valence-electron chi connectivity index (χ3n) is 6.57. The molecule has 0 bridgehead atoms. The summed E-state index contributed by atoms with van der Waals surface area (Å²) in [6, 6.07) is 13.9. The number of likely N-dealkylation sites (tertiary alicyclic amines) is 1. The summed E-state index contributed by atoms with van der Waals surface area (Å²) in [5.41, 5.74) is 11.6. The predicted molar refractivity (Wildman–Crippen MR) is 134 cm³/mol. The number of pyridine rings is 1. The van der Waals surface area contributed by atoms with E-state index in [0.29, 0.717) is 36.5 Å². The topological polar surface area (TPSA) is 119 Å². The van der Waals surface area contributed by atoms with E-state index in [2.05, 4.69) is 15.4 Å². The van der Waals surface area contributed by atoms with Crippen molar-refractivity contribution in [1.82, 2.24) is 29.8 Å². The third-order valence-corrected chi connectivity index (χ3v) is 6.57. The van der Waals surface area contributed by atoms with Crippen LogP contribution in [0.4, 0.5) is 5.82 Å². The van der Waals surface area contributed by atoms with Crippen molar-refractivity contribution in [3.8, 4) is 22.4 Å². The lowest BCUT2D eigenvalue weighted by atomic mass is 9.90. The summed E-state index contributed by atoms with van der Waals surface area (Å²) in [5, 5.41) is 7.31. The lowest BCUT2D eigenvalue weighted by Crippen LogP contribution is -2.42. The minimum Gasteiger partial charge on any atom is -0.383 e. The Balaban J connectivity index is 1.48. The first kappa shape index (κ1) is 22.7. The zero-order valence-electron chi connectivity index (χ0n) is 19.5. The number of likely N-dealkylation sites (N-methyl/N-ethyl adjacent to an activating group) is 1. The molecule has 0 unspecified atom stereocenters. The quantitative estimate of drug-likeness (QED) is 0.417. The maximum absolute atomic E-state index is 12.2. The van der Waals surface area contributed by atoms with E-state index in [4.69, 9.17) is 10.7 Å². The largest absolute Gasteiger partial charge is 0.383 e. The molecule has 35 heavy (non-hydrogen) atoms. The molecule has 9 heteroatoms. The van der Waals surface area contributed by atoms with Crippen molar-refractivity contribution in [3.05, 3.63) is 66.1 Å². The molecule has 1 fully saturated rings. The van der Waals surface area contributed by atoms with Crippen LogP contribution in [0, 0.1) is 0 Å². The number of hydrogen-bond donors (Lipinski definition) is 2. The van der Waals surface area contributed by atoms with E-state index in [-0.39, 0.29) is 17.6 Å². The van der Waals surface area contributed by atoms with E-state index in [9.17, 15) is 9.59 Å². The van der Waals surface area contributed by atoms with Gasteiger partial charge in [0.05, 0.1) is 29.7 Å². The summed E-state index contributed by atoms with van der Waals surface area (Å²) in [5.74, 6) is 0.380. The van der Waals surface area contributed by atoms with E-state index >= 15 is 0 Å². The Bertz CT molecular complexity index is 1360. The summed E-state index contributed by atoms with van der Waals surface area (Å²) in [4.78, 5) is 35.6. The molecule has 3 aromatic heterocycles. The highest BCUT2D eigenvalue weighted by Crippen LogP contribution is 2.34. The number of nitrogens with zero attached hydrogens (tertiary/aromatic N) is 5. The molecule has 5 rings (SSSR count). The maximum atomic E-state index is 12.2. The molecule has 0 spiro atoms. The molecule has 1 saturated heterocycles. The SMILES string of the molecule is CNCC(=O)N1CCC(c2nc3c(-c4ccc(-c5ccccc5)nc4)cnn3c(N)c2C=O)CC1.